The Kier molecular flexibility index (Phi) is 15.0. The molecule has 5 nitrogen and oxygen atoms in total. The molecule has 0 rings (SSSR count). The van der Waals surface area contributed by atoms with Crippen LogP contribution in [0, 0.1) is 0 Å². The first kappa shape index (κ1) is 21.8. The zero-order valence-corrected chi connectivity index (χ0v) is 16.4. The number of ether oxygens (including phenoxy) is 1. The molecule has 0 heterocycles. The Morgan fingerprint density at radius 1 is 1.05 bits per heavy atom. The van der Waals surface area contributed by atoms with Gasteiger partial charge in [0.1, 0.15) is 0 Å². The number of hydrogen-bond donors (Lipinski definition) is 1. The van der Waals surface area contributed by atoms with Crippen molar-refractivity contribution < 1.29 is 21.9 Å². The van der Waals surface area contributed by atoms with E-state index in [1.807, 2.05) is 0 Å². The fraction of sp³-hybridized carbons (Fsp3) is 1.00. The summed E-state index contributed by atoms with van der Waals surface area (Å²) in [5.41, 5.74) is 0. The van der Waals surface area contributed by atoms with Crippen molar-refractivity contribution >= 4 is 38.3 Å². The molecular formula is C14H29NaO5S. The molecule has 0 aliphatic heterocycles. The van der Waals surface area contributed by atoms with E-state index in [2.05, 4.69) is 11.1 Å². The van der Waals surface area contributed by atoms with E-state index in [0.29, 0.717) is 6.61 Å². The van der Waals surface area contributed by atoms with Gasteiger partial charge in [-0.1, -0.05) is 13.3 Å². The van der Waals surface area contributed by atoms with Crippen molar-refractivity contribution in [3.63, 3.8) is 0 Å². The average molecular weight is 332 g/mol. The third-order valence-electron chi connectivity index (χ3n) is 3.34. The molecular weight excluding hydrogens is 303 g/mol. The standard InChI is InChI=1S/C14H29O5S.Na/c1-3-5-6-7-8-9-10-11-12-14(18-4-2)13-19-20(15,16)17;/h14H,2-13H2,1H3,(H,15,16,17);. The summed E-state index contributed by atoms with van der Waals surface area (Å²) in [4.78, 5) is 0. The van der Waals surface area contributed by atoms with Gasteiger partial charge in [0, 0.05) is 0 Å². The summed E-state index contributed by atoms with van der Waals surface area (Å²) in [6, 6.07) is 0. The molecule has 0 bridgehead atoms. The normalized spacial score (nSPS) is 13.5. The molecule has 0 aromatic heterocycles. The molecule has 0 aliphatic carbocycles. The molecule has 0 spiro atoms. The van der Waals surface area contributed by atoms with Crippen molar-refractivity contribution in [3.05, 3.63) is 0 Å². The van der Waals surface area contributed by atoms with Gasteiger partial charge in [-0.05, 0) is 0 Å². The van der Waals surface area contributed by atoms with Crippen LogP contribution < -0.4 is 0 Å². The molecule has 1 unspecified atom stereocenters. The second-order valence-corrected chi connectivity index (χ2v) is 7.56. The SMILES string of the molecule is CCCCCCCCCCC(COS(=O)(=O)O)OC[CH2][Na]. The molecule has 122 valence electrons. The zero-order valence-electron chi connectivity index (χ0n) is 13.6. The summed E-state index contributed by atoms with van der Waals surface area (Å²) >= 11 is 1.06. The van der Waals surface area contributed by atoms with Crippen LogP contribution in [0.2, 0.25) is 3.67 Å². The van der Waals surface area contributed by atoms with Gasteiger partial charge in [0.2, 0.25) is 0 Å². The molecule has 0 fully saturated rings. The third-order valence-corrected chi connectivity index (χ3v) is 4.18. The van der Waals surface area contributed by atoms with Crippen molar-refractivity contribution in [3.8, 4) is 0 Å². The zero-order chi connectivity index (χ0) is 16.0. The van der Waals surface area contributed by atoms with Gasteiger partial charge in [0.15, 0.2) is 0 Å². The second-order valence-electron chi connectivity index (χ2n) is 5.47. The molecule has 0 saturated carbocycles. The Morgan fingerprint density at radius 3 is 2.14 bits per heavy atom. The number of hydrogen-bond acceptors (Lipinski definition) is 4. The summed E-state index contributed by atoms with van der Waals surface area (Å²) in [7, 11) is -4.36. The topological polar surface area (TPSA) is 72.8 Å². The Balaban J connectivity index is 3.70. The Bertz CT molecular complexity index is 321. The van der Waals surface area contributed by atoms with Crippen LogP contribution in [0.5, 0.6) is 0 Å². The number of rotatable bonds is 15. The van der Waals surface area contributed by atoms with E-state index in [1.54, 1.807) is 0 Å². The van der Waals surface area contributed by atoms with Gasteiger partial charge in [-0.25, -0.2) is 0 Å². The summed E-state index contributed by atoms with van der Waals surface area (Å²) in [5.74, 6) is 0. The van der Waals surface area contributed by atoms with Crippen molar-refractivity contribution in [1.82, 2.24) is 0 Å². The Labute approximate surface area is 147 Å². The quantitative estimate of drug-likeness (QED) is 0.283. The van der Waals surface area contributed by atoms with Gasteiger partial charge in [-0.2, -0.15) is 0 Å². The Morgan fingerprint density at radius 2 is 1.62 bits per heavy atom. The Hall–Kier alpha value is 0.830. The summed E-state index contributed by atoms with van der Waals surface area (Å²) < 4.78 is 40.8. The van der Waals surface area contributed by atoms with Crippen LogP contribution in [0.3, 0.4) is 0 Å². The van der Waals surface area contributed by atoms with E-state index >= 15 is 0 Å². The van der Waals surface area contributed by atoms with E-state index < -0.39 is 10.4 Å². The average Bonchev–Trinajstić information content (AvgIpc) is 2.42. The van der Waals surface area contributed by atoms with Crippen LogP contribution in [-0.4, -0.2) is 60.2 Å². The fourth-order valence-corrected chi connectivity index (χ4v) is 2.73. The molecule has 0 saturated heterocycles. The first-order chi connectivity index (χ1) is 9.99. The molecule has 21 heavy (non-hydrogen) atoms. The van der Waals surface area contributed by atoms with Crippen LogP contribution in [0.1, 0.15) is 64.7 Å². The maximum absolute atomic E-state index is 10.6. The first-order valence-electron chi connectivity index (χ1n) is 8.23. The summed E-state index contributed by atoms with van der Waals surface area (Å²) in [6.07, 6.45) is 10.4. The van der Waals surface area contributed by atoms with Gasteiger partial charge < -0.3 is 0 Å². The van der Waals surface area contributed by atoms with Crippen molar-refractivity contribution in [2.24, 2.45) is 0 Å². The minimum absolute atomic E-state index is 0.0864. The van der Waals surface area contributed by atoms with Crippen LogP contribution in [0.15, 0.2) is 0 Å². The molecule has 1 N–H and O–H groups in total. The first-order valence-corrected chi connectivity index (χ1v) is 11.0. The molecule has 0 amide bonds. The number of unbranched alkanes of at least 4 members (excludes halogenated alkanes) is 7. The molecule has 0 aromatic carbocycles. The van der Waals surface area contributed by atoms with E-state index in [0.717, 1.165) is 50.9 Å². The van der Waals surface area contributed by atoms with Crippen molar-refractivity contribution in [2.75, 3.05) is 13.2 Å². The molecule has 0 aliphatic rings. The van der Waals surface area contributed by atoms with Crippen molar-refractivity contribution in [2.45, 2.75) is 74.5 Å². The van der Waals surface area contributed by atoms with Gasteiger partial charge in [-0.3, -0.25) is 0 Å². The van der Waals surface area contributed by atoms with Gasteiger partial charge in [0.05, 0.1) is 0 Å². The molecule has 0 aromatic rings. The van der Waals surface area contributed by atoms with E-state index in [4.69, 9.17) is 9.29 Å². The summed E-state index contributed by atoms with van der Waals surface area (Å²) in [5, 5.41) is 0. The van der Waals surface area contributed by atoms with E-state index in [1.165, 1.54) is 38.5 Å². The molecule has 7 heteroatoms. The predicted molar refractivity (Wildman–Crippen MR) is 85.0 cm³/mol. The van der Waals surface area contributed by atoms with Crippen LogP contribution in [0.25, 0.3) is 0 Å². The molecule has 0 radical (unpaired) electrons. The maximum atomic E-state index is 10.6. The van der Waals surface area contributed by atoms with Crippen molar-refractivity contribution in [1.29, 1.82) is 0 Å². The van der Waals surface area contributed by atoms with Crippen LogP contribution >= 0.6 is 0 Å². The van der Waals surface area contributed by atoms with Gasteiger partial charge >= 0.3 is 135 Å². The van der Waals surface area contributed by atoms with Gasteiger partial charge in [-0.15, -0.1) is 0 Å². The van der Waals surface area contributed by atoms with E-state index in [-0.39, 0.29) is 12.7 Å². The second kappa shape index (κ2) is 14.4. The van der Waals surface area contributed by atoms with Gasteiger partial charge in [0.25, 0.3) is 0 Å². The monoisotopic (exact) mass is 332 g/mol. The molecule has 1 atom stereocenters. The predicted octanol–water partition coefficient (Wildman–Crippen LogP) is 3.31. The van der Waals surface area contributed by atoms with Crippen LogP contribution in [0.4, 0.5) is 0 Å². The van der Waals surface area contributed by atoms with Crippen LogP contribution in [-0.2, 0) is 19.3 Å². The minimum atomic E-state index is -4.36. The third kappa shape index (κ3) is 17.0. The fourth-order valence-electron chi connectivity index (χ4n) is 2.17. The summed E-state index contributed by atoms with van der Waals surface area (Å²) in [6.45, 7) is 2.77. The van der Waals surface area contributed by atoms with E-state index in [9.17, 15) is 8.42 Å².